The summed E-state index contributed by atoms with van der Waals surface area (Å²) in [6.45, 7) is 2.81. The molecule has 0 saturated heterocycles. The van der Waals surface area contributed by atoms with Gasteiger partial charge < -0.3 is 5.73 Å². The highest BCUT2D eigenvalue weighted by Gasteiger charge is 2.08. The molecule has 100 valence electrons. The Bertz CT molecular complexity index is 716. The monoisotopic (exact) mass is 264 g/mol. The maximum atomic E-state index is 6.05. The van der Waals surface area contributed by atoms with Gasteiger partial charge in [0.1, 0.15) is 5.69 Å². The largest absolute Gasteiger partial charge is 0.396 e. The zero-order valence-corrected chi connectivity index (χ0v) is 11.3. The Morgan fingerprint density at radius 2 is 1.95 bits per heavy atom. The van der Waals surface area contributed by atoms with Gasteiger partial charge in [-0.2, -0.15) is 5.10 Å². The van der Waals surface area contributed by atoms with Crippen molar-refractivity contribution in [2.24, 2.45) is 0 Å². The minimum Gasteiger partial charge on any atom is -0.396 e. The van der Waals surface area contributed by atoms with Gasteiger partial charge in [0, 0.05) is 24.2 Å². The van der Waals surface area contributed by atoms with E-state index in [1.165, 1.54) is 11.1 Å². The number of nitrogen functional groups attached to an aromatic ring is 1. The summed E-state index contributed by atoms with van der Waals surface area (Å²) < 4.78 is 1.87. The highest BCUT2D eigenvalue weighted by atomic mass is 15.3. The lowest BCUT2D eigenvalue weighted by molar-refractivity contribution is 0.689. The van der Waals surface area contributed by atoms with Crippen LogP contribution >= 0.6 is 0 Å². The predicted octanol–water partition coefficient (Wildman–Crippen LogP) is 2.88. The second kappa shape index (κ2) is 5.17. The molecule has 0 radical (unpaired) electrons. The first kappa shape index (κ1) is 12.4. The zero-order valence-electron chi connectivity index (χ0n) is 11.3. The van der Waals surface area contributed by atoms with E-state index >= 15 is 0 Å². The lowest BCUT2D eigenvalue weighted by Gasteiger charge is -2.03. The van der Waals surface area contributed by atoms with Gasteiger partial charge in [-0.15, -0.1) is 0 Å². The number of aromatic nitrogens is 3. The van der Waals surface area contributed by atoms with Crippen LogP contribution in [0, 0.1) is 6.92 Å². The van der Waals surface area contributed by atoms with E-state index in [1.807, 2.05) is 23.0 Å². The first-order valence-corrected chi connectivity index (χ1v) is 6.51. The molecular formula is C16H16N4. The first-order chi connectivity index (χ1) is 9.72. The molecule has 0 bridgehead atoms. The molecule has 3 aromatic rings. The molecule has 0 saturated carbocycles. The normalized spacial score (nSPS) is 10.7. The summed E-state index contributed by atoms with van der Waals surface area (Å²) in [5, 5.41) is 4.57. The molecule has 2 N–H and O–H groups in total. The smallest absolute Gasteiger partial charge is 0.115 e. The number of pyridine rings is 1. The second-order valence-electron chi connectivity index (χ2n) is 4.86. The van der Waals surface area contributed by atoms with Crippen LogP contribution in [0.1, 0.15) is 11.1 Å². The first-order valence-electron chi connectivity index (χ1n) is 6.51. The average Bonchev–Trinajstić information content (AvgIpc) is 2.80. The van der Waals surface area contributed by atoms with Crippen LogP contribution in [0.25, 0.3) is 11.3 Å². The molecule has 0 aliphatic heterocycles. The molecule has 0 aliphatic rings. The average molecular weight is 264 g/mol. The molecule has 1 aromatic carbocycles. The number of nitrogens with two attached hydrogens (primary N) is 1. The van der Waals surface area contributed by atoms with Crippen LogP contribution in [0.3, 0.4) is 0 Å². The third-order valence-corrected chi connectivity index (χ3v) is 3.17. The number of aryl methyl sites for hydroxylation is 1. The molecule has 0 fully saturated rings. The van der Waals surface area contributed by atoms with E-state index in [0.717, 1.165) is 17.8 Å². The fourth-order valence-electron chi connectivity index (χ4n) is 2.25. The molecule has 20 heavy (non-hydrogen) atoms. The number of benzene rings is 1. The summed E-state index contributed by atoms with van der Waals surface area (Å²) >= 11 is 0. The quantitative estimate of drug-likeness (QED) is 0.791. The van der Waals surface area contributed by atoms with E-state index in [-0.39, 0.29) is 0 Å². The Morgan fingerprint density at radius 3 is 2.70 bits per heavy atom. The number of hydrogen-bond donors (Lipinski definition) is 1. The standard InChI is InChI=1S/C16H16N4/c1-12-3-2-4-13(9-12)10-20-11-15(17)16(19-20)14-5-7-18-8-6-14/h2-9,11H,10,17H2,1H3. The molecule has 0 amide bonds. The van der Waals surface area contributed by atoms with Crippen LogP contribution in [-0.2, 0) is 6.54 Å². The van der Waals surface area contributed by atoms with E-state index in [9.17, 15) is 0 Å². The van der Waals surface area contributed by atoms with E-state index < -0.39 is 0 Å². The van der Waals surface area contributed by atoms with Gasteiger partial charge in [-0.25, -0.2) is 0 Å². The highest BCUT2D eigenvalue weighted by molar-refractivity contribution is 5.71. The Hall–Kier alpha value is -2.62. The SMILES string of the molecule is Cc1cccc(Cn2cc(N)c(-c3ccncc3)n2)c1. The van der Waals surface area contributed by atoms with Crippen molar-refractivity contribution in [3.63, 3.8) is 0 Å². The predicted molar refractivity (Wildman–Crippen MR) is 80.2 cm³/mol. The van der Waals surface area contributed by atoms with Crippen molar-refractivity contribution in [3.05, 3.63) is 66.1 Å². The van der Waals surface area contributed by atoms with Crippen molar-refractivity contribution in [1.82, 2.24) is 14.8 Å². The molecular weight excluding hydrogens is 248 g/mol. The van der Waals surface area contributed by atoms with Gasteiger partial charge in [-0.05, 0) is 24.6 Å². The molecule has 2 aromatic heterocycles. The maximum absolute atomic E-state index is 6.05. The number of hydrogen-bond acceptors (Lipinski definition) is 3. The van der Waals surface area contributed by atoms with Gasteiger partial charge >= 0.3 is 0 Å². The molecule has 0 spiro atoms. The van der Waals surface area contributed by atoms with E-state index in [0.29, 0.717) is 5.69 Å². The molecule has 0 atom stereocenters. The summed E-state index contributed by atoms with van der Waals surface area (Å²) in [6.07, 6.45) is 5.36. The summed E-state index contributed by atoms with van der Waals surface area (Å²) in [7, 11) is 0. The van der Waals surface area contributed by atoms with Crippen LogP contribution in [0.15, 0.2) is 55.0 Å². The van der Waals surface area contributed by atoms with Gasteiger partial charge in [-0.1, -0.05) is 29.8 Å². The van der Waals surface area contributed by atoms with E-state index in [4.69, 9.17) is 5.73 Å². The molecule has 0 unspecified atom stereocenters. The van der Waals surface area contributed by atoms with Crippen molar-refractivity contribution >= 4 is 5.69 Å². The molecule has 4 nitrogen and oxygen atoms in total. The fourth-order valence-corrected chi connectivity index (χ4v) is 2.25. The lowest BCUT2D eigenvalue weighted by atomic mass is 10.1. The third-order valence-electron chi connectivity index (χ3n) is 3.17. The van der Waals surface area contributed by atoms with Gasteiger partial charge in [0.2, 0.25) is 0 Å². The zero-order chi connectivity index (χ0) is 13.9. The van der Waals surface area contributed by atoms with Crippen molar-refractivity contribution in [2.75, 3.05) is 5.73 Å². The molecule has 4 heteroatoms. The maximum Gasteiger partial charge on any atom is 0.115 e. The second-order valence-corrected chi connectivity index (χ2v) is 4.86. The fraction of sp³-hybridized carbons (Fsp3) is 0.125. The van der Waals surface area contributed by atoms with Gasteiger partial charge in [0.25, 0.3) is 0 Å². The van der Waals surface area contributed by atoms with Crippen molar-refractivity contribution in [3.8, 4) is 11.3 Å². The molecule has 2 heterocycles. The van der Waals surface area contributed by atoms with Gasteiger partial charge in [0.05, 0.1) is 12.2 Å². The van der Waals surface area contributed by atoms with Crippen molar-refractivity contribution in [1.29, 1.82) is 0 Å². The summed E-state index contributed by atoms with van der Waals surface area (Å²) in [6, 6.07) is 12.2. The molecule has 0 aliphatic carbocycles. The van der Waals surface area contributed by atoms with E-state index in [1.54, 1.807) is 12.4 Å². The Kier molecular flexibility index (Phi) is 3.21. The minimum absolute atomic E-state index is 0.684. The Labute approximate surface area is 117 Å². The number of nitrogens with zero attached hydrogens (tertiary/aromatic N) is 3. The van der Waals surface area contributed by atoms with Gasteiger partial charge in [0.15, 0.2) is 0 Å². The van der Waals surface area contributed by atoms with Crippen LogP contribution in [-0.4, -0.2) is 14.8 Å². The lowest BCUT2D eigenvalue weighted by Crippen LogP contribution is -2.00. The van der Waals surface area contributed by atoms with Crippen LogP contribution in [0.5, 0.6) is 0 Å². The van der Waals surface area contributed by atoms with Crippen molar-refractivity contribution in [2.45, 2.75) is 13.5 Å². The van der Waals surface area contributed by atoms with Crippen LogP contribution < -0.4 is 5.73 Å². The number of rotatable bonds is 3. The topological polar surface area (TPSA) is 56.7 Å². The van der Waals surface area contributed by atoms with Gasteiger partial charge in [-0.3, -0.25) is 9.67 Å². The number of anilines is 1. The van der Waals surface area contributed by atoms with Crippen molar-refractivity contribution < 1.29 is 0 Å². The summed E-state index contributed by atoms with van der Waals surface area (Å²) in [5.41, 5.74) is 11.0. The summed E-state index contributed by atoms with van der Waals surface area (Å²) in [4.78, 5) is 4.01. The van der Waals surface area contributed by atoms with Crippen LogP contribution in [0.2, 0.25) is 0 Å². The minimum atomic E-state index is 0.684. The molecule has 3 rings (SSSR count). The third kappa shape index (κ3) is 2.54. The van der Waals surface area contributed by atoms with E-state index in [2.05, 4.69) is 41.3 Å². The Balaban J connectivity index is 1.90. The van der Waals surface area contributed by atoms with Crippen LogP contribution in [0.4, 0.5) is 5.69 Å². The summed E-state index contributed by atoms with van der Waals surface area (Å²) in [5.74, 6) is 0. The Morgan fingerprint density at radius 1 is 1.15 bits per heavy atom. The highest BCUT2D eigenvalue weighted by Crippen LogP contribution is 2.23.